The minimum atomic E-state index is -1.07. The number of hydrogen-bond acceptors (Lipinski definition) is 2. The summed E-state index contributed by atoms with van der Waals surface area (Å²) < 4.78 is 0. The minimum Gasteiger partial charge on any atom is -0.478 e. The van der Waals surface area contributed by atoms with Gasteiger partial charge in [-0.1, -0.05) is 30.3 Å². The van der Waals surface area contributed by atoms with Gasteiger partial charge in [0.25, 0.3) is 0 Å². The van der Waals surface area contributed by atoms with Gasteiger partial charge < -0.3 is 10.4 Å². The van der Waals surface area contributed by atoms with Crippen molar-refractivity contribution >= 4 is 17.6 Å². The number of hydrogen-bond donors (Lipinski definition) is 2. The van der Waals surface area contributed by atoms with E-state index in [0.29, 0.717) is 11.3 Å². The Bertz CT molecular complexity index is 461. The van der Waals surface area contributed by atoms with E-state index in [-0.39, 0.29) is 11.8 Å². The van der Waals surface area contributed by atoms with Crippen LogP contribution in [0, 0.1) is 5.92 Å². The largest absolute Gasteiger partial charge is 0.478 e. The molecule has 0 unspecified atom stereocenters. The maximum atomic E-state index is 11.6. The van der Waals surface area contributed by atoms with Gasteiger partial charge in [0.2, 0.25) is 5.91 Å². The Morgan fingerprint density at radius 1 is 1.24 bits per heavy atom. The smallest absolute Gasteiger partial charge is 0.330 e. The van der Waals surface area contributed by atoms with Crippen LogP contribution < -0.4 is 5.32 Å². The molecule has 1 aliphatic carbocycles. The molecule has 0 heterocycles. The van der Waals surface area contributed by atoms with E-state index in [1.807, 2.05) is 6.07 Å². The first-order chi connectivity index (χ1) is 8.16. The van der Waals surface area contributed by atoms with Crippen LogP contribution in [-0.2, 0) is 9.59 Å². The van der Waals surface area contributed by atoms with Crippen LogP contribution in [0.15, 0.2) is 36.4 Å². The van der Waals surface area contributed by atoms with E-state index in [9.17, 15) is 9.59 Å². The summed E-state index contributed by atoms with van der Waals surface area (Å²) in [5, 5.41) is 11.5. The molecule has 2 N–H and O–H groups in total. The van der Waals surface area contributed by atoms with Crippen molar-refractivity contribution in [3.05, 3.63) is 42.0 Å². The highest BCUT2D eigenvalue weighted by molar-refractivity contribution is 5.96. The van der Waals surface area contributed by atoms with Crippen molar-refractivity contribution < 1.29 is 14.7 Å². The molecule has 0 spiro atoms. The van der Waals surface area contributed by atoms with Gasteiger partial charge in [-0.3, -0.25) is 4.79 Å². The highest BCUT2D eigenvalue weighted by atomic mass is 16.4. The number of carbonyl (C=O) groups excluding carboxylic acids is 1. The average molecular weight is 231 g/mol. The molecule has 0 aliphatic heterocycles. The molecule has 4 nitrogen and oxygen atoms in total. The molecular formula is C13H13NO3. The predicted octanol–water partition coefficient (Wildman–Crippen LogP) is 1.64. The molecule has 4 heteroatoms. The van der Waals surface area contributed by atoms with Gasteiger partial charge in [0.1, 0.15) is 0 Å². The van der Waals surface area contributed by atoms with E-state index in [2.05, 4.69) is 5.32 Å². The van der Waals surface area contributed by atoms with Crippen LogP contribution in [0.3, 0.4) is 0 Å². The fourth-order valence-corrected chi connectivity index (χ4v) is 1.51. The summed E-state index contributed by atoms with van der Waals surface area (Å²) in [7, 11) is 0. The van der Waals surface area contributed by atoms with Crippen LogP contribution in [0.1, 0.15) is 18.4 Å². The van der Waals surface area contributed by atoms with Crippen LogP contribution in [0.25, 0.3) is 5.70 Å². The van der Waals surface area contributed by atoms with Crippen LogP contribution in [0.5, 0.6) is 0 Å². The van der Waals surface area contributed by atoms with E-state index in [0.717, 1.165) is 18.9 Å². The number of benzene rings is 1. The minimum absolute atomic E-state index is 0.0518. The van der Waals surface area contributed by atoms with Gasteiger partial charge in [0.05, 0.1) is 5.70 Å². The van der Waals surface area contributed by atoms with E-state index in [1.165, 1.54) is 0 Å². The van der Waals surface area contributed by atoms with Crippen molar-refractivity contribution in [2.24, 2.45) is 5.92 Å². The maximum absolute atomic E-state index is 11.6. The number of rotatable bonds is 4. The summed E-state index contributed by atoms with van der Waals surface area (Å²) in [5.41, 5.74) is 1.04. The van der Waals surface area contributed by atoms with E-state index >= 15 is 0 Å². The second-order valence-corrected chi connectivity index (χ2v) is 4.03. The fraction of sp³-hybridized carbons (Fsp3) is 0.231. The lowest BCUT2D eigenvalue weighted by molar-refractivity contribution is -0.131. The molecule has 0 atom stereocenters. The zero-order valence-electron chi connectivity index (χ0n) is 9.22. The molecule has 0 saturated heterocycles. The third-order valence-electron chi connectivity index (χ3n) is 2.56. The van der Waals surface area contributed by atoms with E-state index in [4.69, 9.17) is 5.11 Å². The van der Waals surface area contributed by atoms with Gasteiger partial charge in [-0.25, -0.2) is 4.79 Å². The van der Waals surface area contributed by atoms with Crippen molar-refractivity contribution in [3.8, 4) is 0 Å². The van der Waals surface area contributed by atoms with Crippen molar-refractivity contribution in [1.82, 2.24) is 5.32 Å². The Kier molecular flexibility index (Phi) is 3.23. The molecule has 1 fully saturated rings. The fourth-order valence-electron chi connectivity index (χ4n) is 1.51. The highest BCUT2D eigenvalue weighted by Crippen LogP contribution is 2.29. The van der Waals surface area contributed by atoms with Crippen molar-refractivity contribution in [1.29, 1.82) is 0 Å². The number of aliphatic carboxylic acids is 1. The molecule has 0 radical (unpaired) electrons. The lowest BCUT2D eigenvalue weighted by Gasteiger charge is -2.08. The molecule has 0 aromatic heterocycles. The van der Waals surface area contributed by atoms with E-state index < -0.39 is 5.97 Å². The number of amides is 1. The molecular weight excluding hydrogens is 218 g/mol. The summed E-state index contributed by atoms with van der Waals surface area (Å²) in [5.74, 6) is -1.11. The quantitative estimate of drug-likeness (QED) is 0.774. The van der Waals surface area contributed by atoms with Crippen LogP contribution >= 0.6 is 0 Å². The van der Waals surface area contributed by atoms with Gasteiger partial charge >= 0.3 is 5.97 Å². The first kappa shape index (κ1) is 11.4. The zero-order chi connectivity index (χ0) is 12.3. The number of carbonyl (C=O) groups is 2. The van der Waals surface area contributed by atoms with Crippen LogP contribution in [0.2, 0.25) is 0 Å². The molecule has 88 valence electrons. The third-order valence-corrected chi connectivity index (χ3v) is 2.56. The third kappa shape index (κ3) is 3.17. The molecule has 1 aromatic carbocycles. The Morgan fingerprint density at radius 2 is 1.88 bits per heavy atom. The van der Waals surface area contributed by atoms with Crippen LogP contribution in [0.4, 0.5) is 0 Å². The molecule has 17 heavy (non-hydrogen) atoms. The SMILES string of the molecule is O=C(O)/C=C(\NC(=O)C1CC1)c1ccccc1. The van der Waals surface area contributed by atoms with Gasteiger partial charge in [-0.05, 0) is 18.4 Å². The Balaban J connectivity index is 2.19. The van der Waals surface area contributed by atoms with Gasteiger partial charge in [0.15, 0.2) is 0 Å². The lowest BCUT2D eigenvalue weighted by atomic mass is 10.1. The molecule has 1 aliphatic rings. The number of nitrogens with one attached hydrogen (secondary N) is 1. The van der Waals surface area contributed by atoms with Crippen molar-refractivity contribution in [3.63, 3.8) is 0 Å². The van der Waals surface area contributed by atoms with E-state index in [1.54, 1.807) is 24.3 Å². The Labute approximate surface area is 99.0 Å². The summed E-state index contributed by atoms with van der Waals surface area (Å²) >= 11 is 0. The first-order valence-electron chi connectivity index (χ1n) is 5.48. The Morgan fingerprint density at radius 3 is 2.41 bits per heavy atom. The summed E-state index contributed by atoms with van der Waals surface area (Å²) in [6, 6.07) is 8.97. The molecule has 1 aromatic rings. The predicted molar refractivity (Wildman–Crippen MR) is 62.9 cm³/mol. The molecule has 1 saturated carbocycles. The summed E-state index contributed by atoms with van der Waals surface area (Å²) in [6.45, 7) is 0. The highest BCUT2D eigenvalue weighted by Gasteiger charge is 2.30. The number of carboxylic acid groups (broad SMARTS) is 1. The second kappa shape index (κ2) is 4.82. The topological polar surface area (TPSA) is 66.4 Å². The van der Waals surface area contributed by atoms with Gasteiger partial charge in [0, 0.05) is 12.0 Å². The van der Waals surface area contributed by atoms with Gasteiger partial charge in [-0.2, -0.15) is 0 Å². The lowest BCUT2D eigenvalue weighted by Crippen LogP contribution is -2.24. The second-order valence-electron chi connectivity index (χ2n) is 4.03. The molecule has 2 rings (SSSR count). The van der Waals surface area contributed by atoms with Crippen LogP contribution in [-0.4, -0.2) is 17.0 Å². The monoisotopic (exact) mass is 231 g/mol. The van der Waals surface area contributed by atoms with Crippen molar-refractivity contribution in [2.75, 3.05) is 0 Å². The van der Waals surface area contributed by atoms with Crippen molar-refractivity contribution in [2.45, 2.75) is 12.8 Å². The average Bonchev–Trinajstić information content (AvgIpc) is 3.12. The molecule has 1 amide bonds. The maximum Gasteiger partial charge on any atom is 0.330 e. The summed E-state index contributed by atoms with van der Waals surface area (Å²) in [4.78, 5) is 22.3. The standard InChI is InChI=1S/C13H13NO3/c15-12(16)8-11(9-4-2-1-3-5-9)14-13(17)10-6-7-10/h1-5,8,10H,6-7H2,(H,14,17)(H,15,16)/b11-8-. The Hall–Kier alpha value is -2.10. The zero-order valence-corrected chi connectivity index (χ0v) is 9.22. The summed E-state index contributed by atoms with van der Waals surface area (Å²) in [6.07, 6.45) is 2.80. The van der Waals surface area contributed by atoms with Gasteiger partial charge in [-0.15, -0.1) is 0 Å². The number of carboxylic acids is 1. The molecule has 0 bridgehead atoms. The normalized spacial score (nSPS) is 15.4. The first-order valence-corrected chi connectivity index (χ1v) is 5.48.